The van der Waals surface area contributed by atoms with Gasteiger partial charge in [0.05, 0.1) is 18.5 Å². The number of aromatic nitrogens is 3. The van der Waals surface area contributed by atoms with Crippen molar-refractivity contribution in [3.05, 3.63) is 59.7 Å². The molecule has 0 aliphatic heterocycles. The monoisotopic (exact) mass is 324 g/mol. The Bertz CT molecular complexity index is 888. The Morgan fingerprint density at radius 3 is 2.79 bits per heavy atom. The fourth-order valence-corrected chi connectivity index (χ4v) is 2.40. The number of carbonyl (C=O) groups excluding carboxylic acids is 1. The summed E-state index contributed by atoms with van der Waals surface area (Å²) in [5.74, 6) is -1.23. The van der Waals surface area contributed by atoms with Crippen LogP contribution in [0.25, 0.3) is 11.0 Å². The van der Waals surface area contributed by atoms with Gasteiger partial charge in [0.15, 0.2) is 0 Å². The number of nitrogens with one attached hydrogen (secondary N) is 1. The first-order valence-electron chi connectivity index (χ1n) is 7.50. The molecule has 0 spiro atoms. The first kappa shape index (κ1) is 15.7. The molecule has 0 aliphatic carbocycles. The fourth-order valence-electron chi connectivity index (χ4n) is 2.40. The van der Waals surface area contributed by atoms with Gasteiger partial charge in [-0.05, 0) is 29.8 Å². The number of carbonyl (C=O) groups is 2. The summed E-state index contributed by atoms with van der Waals surface area (Å²) >= 11 is 0. The van der Waals surface area contributed by atoms with Gasteiger partial charge in [0.1, 0.15) is 5.52 Å². The second kappa shape index (κ2) is 6.91. The number of fused-ring (bicyclic) bond motifs is 1. The molecule has 0 radical (unpaired) electrons. The Kier molecular flexibility index (Phi) is 4.51. The lowest BCUT2D eigenvalue weighted by Gasteiger charge is -2.07. The van der Waals surface area contributed by atoms with E-state index in [-0.39, 0.29) is 18.9 Å². The van der Waals surface area contributed by atoms with Crippen LogP contribution in [-0.4, -0.2) is 38.5 Å². The van der Waals surface area contributed by atoms with Gasteiger partial charge in [0.25, 0.3) is 5.91 Å². The van der Waals surface area contributed by atoms with Gasteiger partial charge in [0, 0.05) is 12.1 Å². The van der Waals surface area contributed by atoms with Crippen LogP contribution in [0.1, 0.15) is 22.3 Å². The Hall–Kier alpha value is -3.22. The molecule has 3 aromatic rings. The van der Waals surface area contributed by atoms with E-state index in [2.05, 4.69) is 15.6 Å². The third-order valence-corrected chi connectivity index (χ3v) is 3.57. The summed E-state index contributed by atoms with van der Waals surface area (Å²) in [6.07, 6.45) is -0.101. The average Bonchev–Trinajstić information content (AvgIpc) is 2.98. The second-order valence-corrected chi connectivity index (χ2v) is 5.34. The molecule has 0 unspecified atom stereocenters. The molecule has 1 aromatic heterocycles. The fraction of sp³-hybridized carbons (Fsp3) is 0.176. The number of amides is 1. The normalized spacial score (nSPS) is 10.7. The molecule has 0 atom stereocenters. The molecule has 122 valence electrons. The van der Waals surface area contributed by atoms with Crippen LogP contribution in [0, 0.1) is 0 Å². The summed E-state index contributed by atoms with van der Waals surface area (Å²) in [7, 11) is 0. The third-order valence-electron chi connectivity index (χ3n) is 3.57. The van der Waals surface area contributed by atoms with Crippen LogP contribution < -0.4 is 5.32 Å². The lowest BCUT2D eigenvalue weighted by atomic mass is 10.1. The van der Waals surface area contributed by atoms with Crippen molar-refractivity contribution >= 4 is 22.9 Å². The lowest BCUT2D eigenvalue weighted by Crippen LogP contribution is -2.26. The van der Waals surface area contributed by atoms with E-state index in [1.54, 1.807) is 22.9 Å². The van der Waals surface area contributed by atoms with Crippen molar-refractivity contribution in [3.63, 3.8) is 0 Å². The zero-order chi connectivity index (χ0) is 16.9. The largest absolute Gasteiger partial charge is 0.481 e. The Labute approximate surface area is 137 Å². The summed E-state index contributed by atoms with van der Waals surface area (Å²) in [6, 6.07) is 14.8. The first-order valence-corrected chi connectivity index (χ1v) is 7.50. The summed E-state index contributed by atoms with van der Waals surface area (Å²) in [4.78, 5) is 22.5. The van der Waals surface area contributed by atoms with Crippen molar-refractivity contribution in [3.8, 4) is 0 Å². The van der Waals surface area contributed by atoms with E-state index in [1.165, 1.54) is 0 Å². The summed E-state index contributed by atoms with van der Waals surface area (Å²) in [6.45, 7) is 0.600. The van der Waals surface area contributed by atoms with Gasteiger partial charge in [-0.15, -0.1) is 5.10 Å². The van der Waals surface area contributed by atoms with Crippen LogP contribution >= 0.6 is 0 Å². The molecular formula is C17H16N4O3. The van der Waals surface area contributed by atoms with Gasteiger partial charge in [-0.2, -0.15) is 0 Å². The predicted octanol–water partition coefficient (Wildman–Crippen LogP) is 1.68. The van der Waals surface area contributed by atoms with E-state index in [0.29, 0.717) is 12.1 Å². The minimum atomic E-state index is -0.942. The number of nitrogens with zero attached hydrogens (tertiary/aromatic N) is 3. The van der Waals surface area contributed by atoms with Gasteiger partial charge in [-0.25, -0.2) is 4.68 Å². The molecule has 1 amide bonds. The molecule has 0 aliphatic rings. The summed E-state index contributed by atoms with van der Waals surface area (Å²) in [5.41, 5.74) is 3.15. The summed E-state index contributed by atoms with van der Waals surface area (Å²) in [5, 5.41) is 19.4. The molecule has 0 saturated carbocycles. The zero-order valence-electron chi connectivity index (χ0n) is 12.8. The highest BCUT2D eigenvalue weighted by atomic mass is 16.4. The molecule has 2 N–H and O–H groups in total. The quantitative estimate of drug-likeness (QED) is 0.719. The molecule has 0 saturated heterocycles. The molecule has 24 heavy (non-hydrogen) atoms. The molecule has 2 aromatic carbocycles. The first-order chi connectivity index (χ1) is 11.6. The number of hydrogen-bond donors (Lipinski definition) is 2. The number of rotatable bonds is 6. The molecule has 7 heteroatoms. The Morgan fingerprint density at radius 1 is 1.12 bits per heavy atom. The number of benzene rings is 2. The molecule has 0 bridgehead atoms. The topological polar surface area (TPSA) is 97.1 Å². The number of aliphatic carboxylic acids is 1. The number of carboxylic acids is 1. The minimum Gasteiger partial charge on any atom is -0.481 e. The highest BCUT2D eigenvalue weighted by Gasteiger charge is 2.09. The molecule has 1 heterocycles. The molecule has 7 nitrogen and oxygen atoms in total. The maximum Gasteiger partial charge on any atom is 0.305 e. The van der Waals surface area contributed by atoms with Crippen molar-refractivity contribution in [1.29, 1.82) is 0 Å². The van der Waals surface area contributed by atoms with Crippen LogP contribution in [0.4, 0.5) is 0 Å². The van der Waals surface area contributed by atoms with Crippen molar-refractivity contribution in [2.24, 2.45) is 0 Å². The van der Waals surface area contributed by atoms with Gasteiger partial charge in [-0.3, -0.25) is 9.59 Å². The van der Waals surface area contributed by atoms with Gasteiger partial charge >= 0.3 is 5.97 Å². The van der Waals surface area contributed by atoms with Crippen LogP contribution in [0.2, 0.25) is 0 Å². The number of hydrogen-bond acceptors (Lipinski definition) is 4. The van der Waals surface area contributed by atoms with Crippen molar-refractivity contribution in [2.75, 3.05) is 6.54 Å². The van der Waals surface area contributed by atoms with E-state index in [9.17, 15) is 9.59 Å². The predicted molar refractivity (Wildman–Crippen MR) is 87.7 cm³/mol. The Balaban J connectivity index is 1.73. The number of carboxylic acid groups (broad SMARTS) is 1. The minimum absolute atomic E-state index is 0.101. The van der Waals surface area contributed by atoms with E-state index in [4.69, 9.17) is 5.11 Å². The average molecular weight is 324 g/mol. The SMILES string of the molecule is O=C(O)CCNC(=O)c1cccc(Cn2nnc3ccccc32)c1. The standard InChI is InChI=1S/C17H16N4O3/c22-16(23)8-9-18-17(24)13-5-3-4-12(10-13)11-21-15-7-2-1-6-14(15)19-20-21/h1-7,10H,8-9,11H2,(H,18,24)(H,22,23). The maximum absolute atomic E-state index is 12.1. The summed E-state index contributed by atoms with van der Waals surface area (Å²) < 4.78 is 1.77. The van der Waals surface area contributed by atoms with E-state index in [1.807, 2.05) is 30.3 Å². The lowest BCUT2D eigenvalue weighted by molar-refractivity contribution is -0.136. The van der Waals surface area contributed by atoms with Gasteiger partial charge < -0.3 is 10.4 Å². The van der Waals surface area contributed by atoms with Gasteiger partial charge in [0.2, 0.25) is 0 Å². The smallest absolute Gasteiger partial charge is 0.305 e. The third kappa shape index (κ3) is 3.57. The van der Waals surface area contributed by atoms with Gasteiger partial charge in [-0.1, -0.05) is 29.5 Å². The van der Waals surface area contributed by atoms with Crippen molar-refractivity contribution < 1.29 is 14.7 Å². The Morgan fingerprint density at radius 2 is 1.96 bits per heavy atom. The van der Waals surface area contributed by atoms with E-state index >= 15 is 0 Å². The zero-order valence-corrected chi connectivity index (χ0v) is 12.8. The van der Waals surface area contributed by atoms with E-state index in [0.717, 1.165) is 16.6 Å². The highest BCUT2D eigenvalue weighted by molar-refractivity contribution is 5.94. The molecule has 0 fully saturated rings. The van der Waals surface area contributed by atoms with Crippen LogP contribution in [0.15, 0.2) is 48.5 Å². The van der Waals surface area contributed by atoms with E-state index < -0.39 is 5.97 Å². The van der Waals surface area contributed by atoms with Crippen LogP contribution in [0.3, 0.4) is 0 Å². The second-order valence-electron chi connectivity index (χ2n) is 5.34. The highest BCUT2D eigenvalue weighted by Crippen LogP contribution is 2.13. The van der Waals surface area contributed by atoms with Crippen molar-refractivity contribution in [1.82, 2.24) is 20.3 Å². The maximum atomic E-state index is 12.1. The van der Waals surface area contributed by atoms with Crippen molar-refractivity contribution in [2.45, 2.75) is 13.0 Å². The molecular weight excluding hydrogens is 308 g/mol. The number of para-hydroxylation sites is 1. The van der Waals surface area contributed by atoms with Crippen LogP contribution in [-0.2, 0) is 11.3 Å². The van der Waals surface area contributed by atoms with Crippen LogP contribution in [0.5, 0.6) is 0 Å². The molecule has 3 rings (SSSR count).